The van der Waals surface area contributed by atoms with Gasteiger partial charge in [-0.1, -0.05) is 126 Å². The Balaban J connectivity index is 2.06. The highest BCUT2D eigenvalue weighted by atomic mass is 35.6. The lowest BCUT2D eigenvalue weighted by Gasteiger charge is -2.39. The molecule has 0 radical (unpaired) electrons. The Morgan fingerprint density at radius 2 is 1.26 bits per heavy atom. The molecule has 0 aliphatic carbocycles. The number of rotatable bonds is 7. The molecule has 1 heterocycles. The molecule has 0 bridgehead atoms. The number of carbonyl (C=O) groups is 2. The van der Waals surface area contributed by atoms with Gasteiger partial charge in [0.25, 0.3) is 5.91 Å². The second-order valence-electron chi connectivity index (χ2n) is 8.58. The van der Waals surface area contributed by atoms with Crippen molar-refractivity contribution in [2.75, 3.05) is 33.4 Å². The highest BCUT2D eigenvalue weighted by molar-refractivity contribution is 7.97. The van der Waals surface area contributed by atoms with Crippen LogP contribution in [-0.2, 0) is 19.1 Å². The lowest BCUT2D eigenvalue weighted by molar-refractivity contribution is -0.133. The number of ether oxygens (including phenoxy) is 2. The van der Waals surface area contributed by atoms with Crippen LogP contribution in [-0.4, -0.2) is 65.4 Å². The molecule has 0 unspecified atom stereocenters. The van der Waals surface area contributed by atoms with Crippen molar-refractivity contribution in [2.45, 2.75) is 9.96 Å². The van der Waals surface area contributed by atoms with Gasteiger partial charge in [0, 0.05) is 13.1 Å². The van der Waals surface area contributed by atoms with Crippen molar-refractivity contribution in [1.29, 1.82) is 0 Å². The maximum absolute atomic E-state index is 14.4. The molecule has 1 fully saturated rings. The summed E-state index contributed by atoms with van der Waals surface area (Å²) in [6.45, 7) is -1.34. The number of nitrogens with zero attached hydrogens (tertiary/aromatic N) is 1. The molecule has 1 aliphatic rings. The van der Waals surface area contributed by atoms with E-state index < -0.39 is 28.7 Å². The number of nitrogens with one attached hydrogen (secondary N) is 1. The predicted molar refractivity (Wildman–Crippen MR) is 157 cm³/mol. The second kappa shape index (κ2) is 12.7. The number of carbonyl (C=O) groups excluding carboxylic acids is 2. The average molecular weight is 594 g/mol. The standard InChI is InChI=1S/C28H28Cl3N2O4P/c1-36-26(35)24(25(34)32-27(28(29,30)31)33-17-19-37-20-18-33)38(21-11-5-2-6-12-21,22-13-7-3-8-14-22)23-15-9-4-10-16-23/h2-16,27H,17-20H2,1H3,(H,32,34)/t27-/m0/s1. The van der Waals surface area contributed by atoms with Crippen molar-refractivity contribution in [3.63, 3.8) is 0 Å². The lowest BCUT2D eigenvalue weighted by Crippen LogP contribution is -2.60. The number of hydrogen-bond donors (Lipinski definition) is 1. The van der Waals surface area contributed by atoms with Gasteiger partial charge in [-0.2, -0.15) is 0 Å². The Kier molecular flexibility index (Phi) is 9.59. The summed E-state index contributed by atoms with van der Waals surface area (Å²) in [4.78, 5) is 29.9. The molecule has 0 spiro atoms. The van der Waals surface area contributed by atoms with Crippen molar-refractivity contribution >= 4 is 74.8 Å². The molecule has 6 nitrogen and oxygen atoms in total. The van der Waals surface area contributed by atoms with Crippen LogP contribution in [0.4, 0.5) is 0 Å². The molecule has 0 aromatic heterocycles. The Bertz CT molecular complexity index is 1190. The van der Waals surface area contributed by atoms with E-state index in [-0.39, 0.29) is 5.29 Å². The first kappa shape index (κ1) is 28.7. The summed E-state index contributed by atoms with van der Waals surface area (Å²) >= 11 is 19.1. The Morgan fingerprint density at radius 1 is 0.842 bits per heavy atom. The number of alkyl halides is 3. The average Bonchev–Trinajstić information content (AvgIpc) is 2.95. The first-order valence-corrected chi connectivity index (χ1v) is 14.9. The zero-order valence-electron chi connectivity index (χ0n) is 20.7. The van der Waals surface area contributed by atoms with Gasteiger partial charge in [-0.25, -0.2) is 4.79 Å². The summed E-state index contributed by atoms with van der Waals surface area (Å²) in [5, 5.41) is 5.27. The van der Waals surface area contributed by atoms with Crippen LogP contribution in [0.1, 0.15) is 0 Å². The van der Waals surface area contributed by atoms with Gasteiger partial charge in [0.2, 0.25) is 3.79 Å². The molecule has 10 heteroatoms. The number of morpholine rings is 1. The highest BCUT2D eigenvalue weighted by Crippen LogP contribution is 2.46. The second-order valence-corrected chi connectivity index (χ2v) is 14.3. The smallest absolute Gasteiger partial charge is 0.344 e. The zero-order valence-corrected chi connectivity index (χ0v) is 23.9. The van der Waals surface area contributed by atoms with Crippen LogP contribution < -0.4 is 21.2 Å². The third-order valence-corrected chi connectivity index (χ3v) is 11.2. The number of hydrogen-bond acceptors (Lipinski definition) is 5. The molecule has 1 aliphatic heterocycles. The molecule has 1 saturated heterocycles. The van der Waals surface area contributed by atoms with E-state index in [0.29, 0.717) is 26.3 Å². The number of benzene rings is 3. The summed E-state index contributed by atoms with van der Waals surface area (Å²) in [7, 11) is 1.26. The van der Waals surface area contributed by atoms with Gasteiger partial charge in [0.05, 0.1) is 20.3 Å². The number of methoxy groups -OCH3 is 1. The molecule has 38 heavy (non-hydrogen) atoms. The van der Waals surface area contributed by atoms with Gasteiger partial charge in [-0.3, -0.25) is 9.69 Å². The molecule has 0 saturated carbocycles. The fourth-order valence-corrected chi connectivity index (χ4v) is 9.52. The van der Waals surface area contributed by atoms with E-state index in [2.05, 4.69) is 5.32 Å². The van der Waals surface area contributed by atoms with Crippen LogP contribution in [0, 0.1) is 0 Å². The van der Waals surface area contributed by atoms with E-state index in [1.807, 2.05) is 95.9 Å². The predicted octanol–water partition coefficient (Wildman–Crippen LogP) is 3.47. The minimum atomic E-state index is -3.08. The topological polar surface area (TPSA) is 67.9 Å². The fraction of sp³-hybridized carbons (Fsp3) is 0.250. The van der Waals surface area contributed by atoms with Crippen LogP contribution in [0.15, 0.2) is 91.0 Å². The summed E-state index contributed by atoms with van der Waals surface area (Å²) in [5.74, 6) is -1.41. The normalized spacial score (nSPS) is 15.4. The third-order valence-electron chi connectivity index (χ3n) is 6.35. The summed E-state index contributed by atoms with van der Waals surface area (Å²) in [6, 6.07) is 28.6. The van der Waals surface area contributed by atoms with Gasteiger partial charge in [0.15, 0.2) is 0 Å². The van der Waals surface area contributed by atoms with E-state index in [4.69, 9.17) is 44.3 Å². The molecule has 1 atom stereocenters. The van der Waals surface area contributed by atoms with E-state index >= 15 is 0 Å². The zero-order chi connectivity index (χ0) is 27.2. The third kappa shape index (κ3) is 5.96. The first-order valence-electron chi connectivity index (χ1n) is 12.0. The molecule has 3 aromatic carbocycles. The van der Waals surface area contributed by atoms with Gasteiger partial charge in [-0.15, -0.1) is 0 Å². The number of esters is 1. The van der Waals surface area contributed by atoms with E-state index in [1.165, 1.54) is 7.11 Å². The van der Waals surface area contributed by atoms with Crippen LogP contribution >= 0.6 is 41.7 Å². The Morgan fingerprint density at radius 3 is 1.63 bits per heavy atom. The molecular formula is C28H28Cl3N2O4P. The Hall–Kier alpha value is -2.31. The van der Waals surface area contributed by atoms with E-state index in [0.717, 1.165) is 15.9 Å². The van der Waals surface area contributed by atoms with E-state index in [1.54, 1.807) is 0 Å². The minimum absolute atomic E-state index is 0.0453. The fourth-order valence-electron chi connectivity index (χ4n) is 4.68. The van der Waals surface area contributed by atoms with Crippen LogP contribution in [0.2, 0.25) is 0 Å². The maximum Gasteiger partial charge on any atom is 0.344 e. The molecule has 4 rings (SSSR count). The van der Waals surface area contributed by atoms with Crippen molar-refractivity contribution in [2.24, 2.45) is 0 Å². The largest absolute Gasteiger partial charge is 0.465 e. The van der Waals surface area contributed by atoms with Crippen molar-refractivity contribution in [3.05, 3.63) is 91.0 Å². The van der Waals surface area contributed by atoms with Crippen molar-refractivity contribution in [1.82, 2.24) is 10.2 Å². The van der Waals surface area contributed by atoms with Gasteiger partial charge >= 0.3 is 5.97 Å². The maximum atomic E-state index is 14.4. The Labute approximate surface area is 237 Å². The van der Waals surface area contributed by atoms with Crippen LogP contribution in [0.3, 0.4) is 0 Å². The molecule has 3 aromatic rings. The number of halogens is 3. The van der Waals surface area contributed by atoms with Crippen LogP contribution in [0.5, 0.6) is 0 Å². The lowest BCUT2D eigenvalue weighted by atomic mass is 10.3. The van der Waals surface area contributed by atoms with Crippen molar-refractivity contribution in [3.8, 4) is 0 Å². The summed E-state index contributed by atoms with van der Waals surface area (Å²) in [5.41, 5.74) is 0. The minimum Gasteiger partial charge on any atom is -0.465 e. The summed E-state index contributed by atoms with van der Waals surface area (Å²) < 4.78 is 8.84. The number of amides is 1. The molecular weight excluding hydrogens is 566 g/mol. The molecule has 1 N–H and O–H groups in total. The quantitative estimate of drug-likeness (QED) is 0.197. The highest BCUT2D eigenvalue weighted by Gasteiger charge is 2.43. The van der Waals surface area contributed by atoms with Gasteiger partial charge in [-0.05, 0) is 22.8 Å². The van der Waals surface area contributed by atoms with Crippen molar-refractivity contribution < 1.29 is 19.1 Å². The molecule has 200 valence electrons. The molecule has 1 amide bonds. The summed E-state index contributed by atoms with van der Waals surface area (Å²) in [6.07, 6.45) is -1.01. The van der Waals surface area contributed by atoms with Gasteiger partial charge < -0.3 is 14.8 Å². The first-order chi connectivity index (χ1) is 18.3. The van der Waals surface area contributed by atoms with Crippen LogP contribution in [0.25, 0.3) is 0 Å². The van der Waals surface area contributed by atoms with Gasteiger partial charge in [0.1, 0.15) is 11.5 Å². The monoisotopic (exact) mass is 592 g/mol. The van der Waals surface area contributed by atoms with E-state index in [9.17, 15) is 9.59 Å². The SMILES string of the molecule is COC(=O)C(C(=O)N[C@@H](N1CCOCC1)C(Cl)(Cl)Cl)=P(c1ccccc1)(c1ccccc1)c1ccccc1.